The lowest BCUT2D eigenvalue weighted by atomic mass is 9.94. The molecule has 2 rings (SSSR count). The number of hydrogen-bond acceptors (Lipinski definition) is 3. The molecule has 0 saturated heterocycles. The minimum absolute atomic E-state index is 0.197. The summed E-state index contributed by atoms with van der Waals surface area (Å²) in [5, 5.41) is 8.77. The molecule has 4 nitrogen and oxygen atoms in total. The first-order valence-corrected chi connectivity index (χ1v) is 6.14. The van der Waals surface area contributed by atoms with E-state index in [-0.39, 0.29) is 5.41 Å². The van der Waals surface area contributed by atoms with Crippen LogP contribution in [0.15, 0.2) is 24.3 Å². The molecular weight excluding hydrogens is 230 g/mol. The van der Waals surface area contributed by atoms with E-state index in [0.29, 0.717) is 6.42 Å². The third kappa shape index (κ3) is 2.71. The fourth-order valence-electron chi connectivity index (χ4n) is 2.28. The molecule has 18 heavy (non-hydrogen) atoms. The zero-order valence-corrected chi connectivity index (χ0v) is 10.6. The number of methoxy groups -OCH3 is 1. The van der Waals surface area contributed by atoms with Gasteiger partial charge in [0, 0.05) is 12.5 Å². The molecule has 0 spiro atoms. The van der Waals surface area contributed by atoms with E-state index in [1.54, 1.807) is 7.11 Å². The van der Waals surface area contributed by atoms with Crippen LogP contribution in [0, 0.1) is 0 Å². The minimum Gasteiger partial charge on any atom is -0.480 e. The topological polar surface area (TPSA) is 72.5 Å². The van der Waals surface area contributed by atoms with Crippen molar-refractivity contribution in [2.75, 3.05) is 13.7 Å². The molecule has 1 aliphatic carbocycles. The van der Waals surface area contributed by atoms with Crippen LogP contribution < -0.4 is 5.73 Å². The maximum atomic E-state index is 10.7. The molecular formula is C14H19NO3. The fraction of sp³-hybridized carbons (Fsp3) is 0.500. The summed E-state index contributed by atoms with van der Waals surface area (Å²) in [6.07, 6.45) is 2.69. The summed E-state index contributed by atoms with van der Waals surface area (Å²) in [6, 6.07) is 7.23. The van der Waals surface area contributed by atoms with E-state index >= 15 is 0 Å². The van der Waals surface area contributed by atoms with Crippen LogP contribution in [0.2, 0.25) is 0 Å². The second kappa shape index (κ2) is 5.08. The van der Waals surface area contributed by atoms with Gasteiger partial charge >= 0.3 is 5.97 Å². The van der Waals surface area contributed by atoms with Crippen molar-refractivity contribution in [3.8, 4) is 0 Å². The Morgan fingerprint density at radius 2 is 2.06 bits per heavy atom. The van der Waals surface area contributed by atoms with Crippen LogP contribution in [-0.4, -0.2) is 30.8 Å². The maximum absolute atomic E-state index is 10.7. The number of rotatable bonds is 6. The van der Waals surface area contributed by atoms with Gasteiger partial charge in [0.15, 0.2) is 0 Å². The van der Waals surface area contributed by atoms with Gasteiger partial charge in [-0.2, -0.15) is 0 Å². The highest BCUT2D eigenvalue weighted by atomic mass is 16.5. The van der Waals surface area contributed by atoms with Gasteiger partial charge in [0.05, 0.1) is 6.61 Å². The Morgan fingerprint density at radius 3 is 2.50 bits per heavy atom. The Balaban J connectivity index is 2.04. The fourth-order valence-corrected chi connectivity index (χ4v) is 2.28. The van der Waals surface area contributed by atoms with Gasteiger partial charge in [0.2, 0.25) is 0 Å². The highest BCUT2D eigenvalue weighted by molar-refractivity contribution is 5.73. The number of carbonyl (C=O) groups is 1. The molecule has 1 fully saturated rings. The summed E-state index contributed by atoms with van der Waals surface area (Å²) >= 11 is 0. The second-order valence-corrected chi connectivity index (χ2v) is 5.06. The molecule has 4 heteroatoms. The van der Waals surface area contributed by atoms with Gasteiger partial charge < -0.3 is 15.6 Å². The Hall–Kier alpha value is -1.39. The zero-order chi connectivity index (χ0) is 13.2. The van der Waals surface area contributed by atoms with Gasteiger partial charge in [-0.15, -0.1) is 0 Å². The number of carboxylic acids is 1. The molecule has 3 N–H and O–H groups in total. The molecule has 0 aromatic heterocycles. The molecule has 98 valence electrons. The third-order valence-corrected chi connectivity index (χ3v) is 3.61. The largest absolute Gasteiger partial charge is 0.480 e. The standard InChI is InChI=1S/C14H19NO3/c1-18-9-14(6-7-14)11-4-2-10(3-5-11)8-12(15)13(16)17/h2-5,12H,6-9,15H2,1H3,(H,16,17). The normalized spacial score (nSPS) is 18.3. The first kappa shape index (κ1) is 13.1. The van der Waals surface area contributed by atoms with Crippen LogP contribution in [0.3, 0.4) is 0 Å². The predicted molar refractivity (Wildman–Crippen MR) is 68.5 cm³/mol. The molecule has 1 unspecified atom stereocenters. The number of carboxylic acid groups (broad SMARTS) is 1. The minimum atomic E-state index is -0.961. The molecule has 0 heterocycles. The van der Waals surface area contributed by atoms with Crippen molar-refractivity contribution in [3.05, 3.63) is 35.4 Å². The average molecular weight is 249 g/mol. The van der Waals surface area contributed by atoms with Crippen LogP contribution in [0.25, 0.3) is 0 Å². The van der Waals surface area contributed by atoms with E-state index in [4.69, 9.17) is 15.6 Å². The number of aliphatic carboxylic acids is 1. The maximum Gasteiger partial charge on any atom is 0.320 e. The summed E-state index contributed by atoms with van der Waals surface area (Å²) in [7, 11) is 1.72. The third-order valence-electron chi connectivity index (χ3n) is 3.61. The first-order chi connectivity index (χ1) is 8.57. The van der Waals surface area contributed by atoms with Crippen molar-refractivity contribution in [3.63, 3.8) is 0 Å². The van der Waals surface area contributed by atoms with E-state index in [0.717, 1.165) is 25.0 Å². The van der Waals surface area contributed by atoms with E-state index in [9.17, 15) is 4.79 Å². The summed E-state index contributed by atoms with van der Waals surface area (Å²) in [5.74, 6) is -0.961. The van der Waals surface area contributed by atoms with Crippen LogP contribution in [-0.2, 0) is 21.4 Å². The molecule has 0 amide bonds. The lowest BCUT2D eigenvalue weighted by molar-refractivity contribution is -0.138. The molecule has 1 aromatic carbocycles. The first-order valence-electron chi connectivity index (χ1n) is 6.14. The van der Waals surface area contributed by atoms with E-state index in [1.807, 2.05) is 12.1 Å². The van der Waals surface area contributed by atoms with Crippen molar-refractivity contribution < 1.29 is 14.6 Å². The second-order valence-electron chi connectivity index (χ2n) is 5.06. The highest BCUT2D eigenvalue weighted by Gasteiger charge is 2.44. The Labute approximate surface area is 107 Å². The van der Waals surface area contributed by atoms with Gasteiger partial charge in [-0.1, -0.05) is 24.3 Å². The summed E-state index contributed by atoms with van der Waals surface area (Å²) in [6.45, 7) is 0.751. The smallest absolute Gasteiger partial charge is 0.320 e. The molecule has 1 atom stereocenters. The van der Waals surface area contributed by atoms with Crippen LogP contribution >= 0.6 is 0 Å². The van der Waals surface area contributed by atoms with Crippen LogP contribution in [0.5, 0.6) is 0 Å². The molecule has 0 radical (unpaired) electrons. The van der Waals surface area contributed by atoms with Crippen LogP contribution in [0.4, 0.5) is 0 Å². The van der Waals surface area contributed by atoms with Crippen molar-refractivity contribution in [2.45, 2.75) is 30.7 Å². The number of ether oxygens (including phenoxy) is 1. The summed E-state index contributed by atoms with van der Waals surface area (Å²) < 4.78 is 5.25. The Bertz CT molecular complexity index is 423. The Morgan fingerprint density at radius 1 is 1.44 bits per heavy atom. The zero-order valence-electron chi connectivity index (χ0n) is 10.6. The van der Waals surface area contributed by atoms with Gasteiger partial charge in [-0.05, 0) is 30.4 Å². The van der Waals surface area contributed by atoms with Crippen LogP contribution in [0.1, 0.15) is 24.0 Å². The number of benzene rings is 1. The SMILES string of the molecule is COCC1(c2ccc(CC(N)C(=O)O)cc2)CC1. The number of hydrogen-bond donors (Lipinski definition) is 2. The molecule has 1 saturated carbocycles. The van der Waals surface area contributed by atoms with Crippen molar-refractivity contribution in [1.82, 2.24) is 0 Å². The summed E-state index contributed by atoms with van der Waals surface area (Å²) in [5.41, 5.74) is 7.94. The van der Waals surface area contributed by atoms with Gasteiger partial charge in [0.25, 0.3) is 0 Å². The summed E-state index contributed by atoms with van der Waals surface area (Å²) in [4.78, 5) is 10.7. The van der Waals surface area contributed by atoms with E-state index < -0.39 is 12.0 Å². The van der Waals surface area contributed by atoms with Gasteiger partial charge in [0.1, 0.15) is 6.04 Å². The molecule has 0 aliphatic heterocycles. The van der Waals surface area contributed by atoms with Crippen molar-refractivity contribution >= 4 is 5.97 Å². The quantitative estimate of drug-likeness (QED) is 0.797. The molecule has 0 bridgehead atoms. The average Bonchev–Trinajstić information content (AvgIpc) is 3.11. The predicted octanol–water partition coefficient (Wildman–Crippen LogP) is 1.32. The molecule has 1 aromatic rings. The molecule has 1 aliphatic rings. The Kier molecular flexibility index (Phi) is 3.68. The lowest BCUT2D eigenvalue weighted by Gasteiger charge is -2.15. The highest BCUT2D eigenvalue weighted by Crippen LogP contribution is 2.48. The van der Waals surface area contributed by atoms with Crippen molar-refractivity contribution in [2.24, 2.45) is 5.73 Å². The van der Waals surface area contributed by atoms with Gasteiger partial charge in [-0.3, -0.25) is 4.79 Å². The van der Waals surface area contributed by atoms with Crippen molar-refractivity contribution in [1.29, 1.82) is 0 Å². The van der Waals surface area contributed by atoms with E-state index in [2.05, 4.69) is 12.1 Å². The number of nitrogens with two attached hydrogens (primary N) is 1. The van der Waals surface area contributed by atoms with E-state index in [1.165, 1.54) is 5.56 Å². The monoisotopic (exact) mass is 249 g/mol. The van der Waals surface area contributed by atoms with Gasteiger partial charge in [-0.25, -0.2) is 0 Å². The lowest BCUT2D eigenvalue weighted by Crippen LogP contribution is -2.32.